The Balaban J connectivity index is 2.26. The SMILES string of the molecule is CCc1cccc(NS(=O)(=O)c2ccc(C(F)(F)F)cc2)n1. The van der Waals surface area contributed by atoms with Crippen LogP contribution in [0.25, 0.3) is 0 Å². The van der Waals surface area contributed by atoms with Crippen LogP contribution < -0.4 is 4.72 Å². The van der Waals surface area contributed by atoms with E-state index >= 15 is 0 Å². The molecule has 0 fully saturated rings. The largest absolute Gasteiger partial charge is 0.416 e. The summed E-state index contributed by atoms with van der Waals surface area (Å²) in [6.45, 7) is 1.87. The molecule has 0 aliphatic rings. The van der Waals surface area contributed by atoms with E-state index in [4.69, 9.17) is 0 Å². The van der Waals surface area contributed by atoms with Gasteiger partial charge in [-0.25, -0.2) is 13.4 Å². The zero-order valence-corrected chi connectivity index (χ0v) is 12.4. The van der Waals surface area contributed by atoms with E-state index in [1.807, 2.05) is 6.92 Å². The smallest absolute Gasteiger partial charge is 0.263 e. The van der Waals surface area contributed by atoms with Crippen molar-refractivity contribution < 1.29 is 21.6 Å². The molecule has 0 amide bonds. The van der Waals surface area contributed by atoms with Crippen LogP contribution in [0.1, 0.15) is 18.2 Å². The molecule has 4 nitrogen and oxygen atoms in total. The molecule has 2 rings (SSSR count). The first-order valence-corrected chi connectivity index (χ1v) is 7.86. The third kappa shape index (κ3) is 3.76. The van der Waals surface area contributed by atoms with Crippen LogP contribution in [-0.4, -0.2) is 13.4 Å². The molecule has 0 aliphatic heterocycles. The molecule has 0 saturated carbocycles. The van der Waals surface area contributed by atoms with Crippen molar-refractivity contribution in [2.24, 2.45) is 0 Å². The Kier molecular flexibility index (Phi) is 4.41. The number of hydrogen-bond donors (Lipinski definition) is 1. The summed E-state index contributed by atoms with van der Waals surface area (Å²) in [6, 6.07) is 8.14. The standard InChI is InChI=1S/C14H13F3N2O2S/c1-2-11-4-3-5-13(18-11)19-22(20,21)12-8-6-10(7-9-12)14(15,16)17/h3-9H,2H2,1H3,(H,18,19). The van der Waals surface area contributed by atoms with Crippen LogP contribution in [0.2, 0.25) is 0 Å². The average Bonchev–Trinajstić information content (AvgIpc) is 2.46. The van der Waals surface area contributed by atoms with E-state index in [0.29, 0.717) is 12.1 Å². The van der Waals surface area contributed by atoms with Gasteiger partial charge in [-0.3, -0.25) is 4.72 Å². The van der Waals surface area contributed by atoms with Crippen LogP contribution in [0, 0.1) is 0 Å². The predicted octanol–water partition coefficient (Wildman–Crippen LogP) is 3.46. The fourth-order valence-electron chi connectivity index (χ4n) is 1.75. The summed E-state index contributed by atoms with van der Waals surface area (Å²) in [5, 5.41) is 0. The molecule has 1 N–H and O–H groups in total. The van der Waals surface area contributed by atoms with E-state index < -0.39 is 21.8 Å². The van der Waals surface area contributed by atoms with Gasteiger partial charge >= 0.3 is 6.18 Å². The lowest BCUT2D eigenvalue weighted by Gasteiger charge is -2.10. The first-order chi connectivity index (χ1) is 10.2. The molecule has 1 aromatic heterocycles. The molecule has 0 bridgehead atoms. The van der Waals surface area contributed by atoms with Crippen LogP contribution in [0.4, 0.5) is 19.0 Å². The van der Waals surface area contributed by atoms with Crippen LogP contribution in [0.5, 0.6) is 0 Å². The minimum Gasteiger partial charge on any atom is -0.263 e. The second-order valence-electron chi connectivity index (χ2n) is 4.50. The number of nitrogens with zero attached hydrogens (tertiary/aromatic N) is 1. The lowest BCUT2D eigenvalue weighted by molar-refractivity contribution is -0.137. The van der Waals surface area contributed by atoms with Gasteiger partial charge in [0.1, 0.15) is 5.82 Å². The third-order valence-electron chi connectivity index (χ3n) is 2.90. The maximum absolute atomic E-state index is 12.5. The van der Waals surface area contributed by atoms with Gasteiger partial charge in [0.2, 0.25) is 0 Å². The summed E-state index contributed by atoms with van der Waals surface area (Å²) in [5.41, 5.74) is -0.204. The highest BCUT2D eigenvalue weighted by Crippen LogP contribution is 2.29. The summed E-state index contributed by atoms with van der Waals surface area (Å²) in [6.07, 6.45) is -3.87. The fraction of sp³-hybridized carbons (Fsp3) is 0.214. The number of anilines is 1. The third-order valence-corrected chi connectivity index (χ3v) is 4.27. The molecule has 0 aliphatic carbocycles. The Hall–Kier alpha value is -2.09. The molecule has 0 spiro atoms. The zero-order chi connectivity index (χ0) is 16.4. The van der Waals surface area contributed by atoms with Crippen LogP contribution in [0.3, 0.4) is 0 Å². The van der Waals surface area contributed by atoms with Crippen molar-refractivity contribution in [3.63, 3.8) is 0 Å². The van der Waals surface area contributed by atoms with Gasteiger partial charge in [0.25, 0.3) is 10.0 Å². The summed E-state index contributed by atoms with van der Waals surface area (Å²) in [5.74, 6) is 0.124. The summed E-state index contributed by atoms with van der Waals surface area (Å²) >= 11 is 0. The predicted molar refractivity (Wildman–Crippen MR) is 75.9 cm³/mol. The van der Waals surface area contributed by atoms with Crippen molar-refractivity contribution >= 4 is 15.8 Å². The van der Waals surface area contributed by atoms with Gasteiger partial charge in [0.05, 0.1) is 10.5 Å². The molecular weight excluding hydrogens is 317 g/mol. The molecule has 1 aromatic carbocycles. The Labute approximate surface area is 126 Å². The number of rotatable bonds is 4. The number of hydrogen-bond acceptors (Lipinski definition) is 3. The average molecular weight is 330 g/mol. The van der Waals surface area contributed by atoms with Gasteiger partial charge in [0.15, 0.2) is 0 Å². The van der Waals surface area contributed by atoms with Gasteiger partial charge in [-0.05, 0) is 42.8 Å². The Morgan fingerprint density at radius 2 is 1.73 bits per heavy atom. The minimum atomic E-state index is -4.51. The number of halogens is 3. The van der Waals surface area contributed by atoms with Crippen molar-refractivity contribution in [3.05, 3.63) is 53.7 Å². The molecule has 0 atom stereocenters. The van der Waals surface area contributed by atoms with Gasteiger partial charge in [-0.15, -0.1) is 0 Å². The second-order valence-corrected chi connectivity index (χ2v) is 6.18. The monoisotopic (exact) mass is 330 g/mol. The molecule has 118 valence electrons. The molecule has 0 unspecified atom stereocenters. The number of benzene rings is 1. The number of aromatic nitrogens is 1. The van der Waals surface area contributed by atoms with Gasteiger partial charge in [-0.2, -0.15) is 13.2 Å². The van der Waals surface area contributed by atoms with Crippen molar-refractivity contribution in [2.45, 2.75) is 24.4 Å². The van der Waals surface area contributed by atoms with Crippen molar-refractivity contribution in [3.8, 4) is 0 Å². The maximum Gasteiger partial charge on any atom is 0.416 e. The van der Waals surface area contributed by atoms with Crippen molar-refractivity contribution in [2.75, 3.05) is 4.72 Å². The minimum absolute atomic E-state index is 0.124. The van der Waals surface area contributed by atoms with Crippen molar-refractivity contribution in [1.29, 1.82) is 0 Å². The normalized spacial score (nSPS) is 12.2. The van der Waals surface area contributed by atoms with E-state index in [9.17, 15) is 21.6 Å². The lowest BCUT2D eigenvalue weighted by atomic mass is 10.2. The highest BCUT2D eigenvalue weighted by atomic mass is 32.2. The molecule has 0 saturated heterocycles. The summed E-state index contributed by atoms with van der Waals surface area (Å²) in [7, 11) is -3.98. The maximum atomic E-state index is 12.5. The number of nitrogens with one attached hydrogen (secondary N) is 1. The van der Waals surface area contributed by atoms with Crippen LogP contribution >= 0.6 is 0 Å². The molecule has 0 radical (unpaired) electrons. The topological polar surface area (TPSA) is 59.1 Å². The first-order valence-electron chi connectivity index (χ1n) is 6.38. The number of aryl methyl sites for hydroxylation is 1. The summed E-state index contributed by atoms with van der Waals surface area (Å²) in [4.78, 5) is 3.83. The van der Waals surface area contributed by atoms with Crippen molar-refractivity contribution in [1.82, 2.24) is 4.98 Å². The number of pyridine rings is 1. The Morgan fingerprint density at radius 3 is 2.27 bits per heavy atom. The van der Waals surface area contributed by atoms with E-state index in [1.165, 1.54) is 6.07 Å². The highest BCUT2D eigenvalue weighted by molar-refractivity contribution is 7.92. The number of sulfonamides is 1. The molecule has 1 heterocycles. The molecule has 8 heteroatoms. The summed E-state index contributed by atoms with van der Waals surface area (Å²) < 4.78 is 63.9. The molecule has 22 heavy (non-hydrogen) atoms. The fourth-order valence-corrected chi connectivity index (χ4v) is 2.75. The number of alkyl halides is 3. The van der Waals surface area contributed by atoms with E-state index in [1.54, 1.807) is 12.1 Å². The van der Waals surface area contributed by atoms with E-state index in [2.05, 4.69) is 9.71 Å². The van der Waals surface area contributed by atoms with Crippen LogP contribution in [0.15, 0.2) is 47.4 Å². The quantitative estimate of drug-likeness (QED) is 0.934. The van der Waals surface area contributed by atoms with E-state index in [0.717, 1.165) is 24.3 Å². The Bertz CT molecular complexity index is 756. The Morgan fingerprint density at radius 1 is 1.09 bits per heavy atom. The van der Waals surface area contributed by atoms with E-state index in [-0.39, 0.29) is 10.7 Å². The first kappa shape index (κ1) is 16.3. The highest BCUT2D eigenvalue weighted by Gasteiger charge is 2.30. The van der Waals surface area contributed by atoms with Crippen LogP contribution in [-0.2, 0) is 22.6 Å². The van der Waals surface area contributed by atoms with Gasteiger partial charge in [-0.1, -0.05) is 13.0 Å². The molecular formula is C14H13F3N2O2S. The lowest BCUT2D eigenvalue weighted by Crippen LogP contribution is -2.15. The second kappa shape index (κ2) is 5.96. The van der Waals surface area contributed by atoms with Gasteiger partial charge < -0.3 is 0 Å². The zero-order valence-electron chi connectivity index (χ0n) is 11.6. The van der Waals surface area contributed by atoms with Gasteiger partial charge in [0, 0.05) is 5.69 Å². The molecule has 2 aromatic rings.